The topological polar surface area (TPSA) is 27.7 Å². The van der Waals surface area contributed by atoms with E-state index < -0.39 is 0 Å². The second-order valence-electron chi connectivity index (χ2n) is 2.82. The van der Waals surface area contributed by atoms with Crippen LogP contribution in [0.3, 0.4) is 0 Å². The first-order valence-electron chi connectivity index (χ1n) is 4.57. The van der Waals surface area contributed by atoms with Crippen molar-refractivity contribution in [1.29, 1.82) is 0 Å². The van der Waals surface area contributed by atoms with E-state index in [-0.39, 0.29) is 0 Å². The molecule has 0 amide bonds. The SMILES string of the molecule is COC=C(OC)[C](OC)c1ccccc1. The van der Waals surface area contributed by atoms with Crippen molar-refractivity contribution in [3.63, 3.8) is 0 Å². The van der Waals surface area contributed by atoms with Crippen LogP contribution in [-0.4, -0.2) is 21.3 Å². The highest BCUT2D eigenvalue weighted by molar-refractivity contribution is 5.35. The molecule has 0 aliphatic heterocycles. The number of methoxy groups -OCH3 is 3. The average molecular weight is 207 g/mol. The molecule has 0 unspecified atom stereocenters. The van der Waals surface area contributed by atoms with Crippen molar-refractivity contribution in [3.8, 4) is 0 Å². The van der Waals surface area contributed by atoms with Crippen LogP contribution >= 0.6 is 0 Å². The van der Waals surface area contributed by atoms with Crippen LogP contribution in [0, 0.1) is 6.10 Å². The minimum Gasteiger partial charge on any atom is -0.501 e. The summed E-state index contributed by atoms with van der Waals surface area (Å²) in [5.41, 5.74) is 0.949. The first-order valence-corrected chi connectivity index (χ1v) is 4.57. The standard InChI is InChI=1S/C12H15O3/c1-13-9-11(14-2)12(15-3)10-7-5-4-6-8-10/h4-9H,1-3H3. The molecule has 1 rings (SSSR count). The minimum atomic E-state index is 0.561. The van der Waals surface area contributed by atoms with Crippen LogP contribution in [0.25, 0.3) is 0 Å². The first kappa shape index (κ1) is 11.6. The van der Waals surface area contributed by atoms with E-state index in [1.165, 1.54) is 6.26 Å². The second kappa shape index (κ2) is 6.09. The lowest BCUT2D eigenvalue weighted by molar-refractivity contribution is 0.163. The lowest BCUT2D eigenvalue weighted by Gasteiger charge is -2.16. The smallest absolute Gasteiger partial charge is 0.193 e. The highest BCUT2D eigenvalue weighted by Gasteiger charge is 2.18. The van der Waals surface area contributed by atoms with Crippen LogP contribution in [-0.2, 0) is 14.2 Å². The largest absolute Gasteiger partial charge is 0.501 e. The summed E-state index contributed by atoms with van der Waals surface area (Å²) in [6.45, 7) is 0. The van der Waals surface area contributed by atoms with Crippen molar-refractivity contribution >= 4 is 0 Å². The summed E-state index contributed by atoms with van der Waals surface area (Å²) in [5, 5.41) is 0. The van der Waals surface area contributed by atoms with Crippen LogP contribution in [0.15, 0.2) is 42.4 Å². The fourth-order valence-electron chi connectivity index (χ4n) is 1.25. The molecule has 0 spiro atoms. The third kappa shape index (κ3) is 2.99. The highest BCUT2D eigenvalue weighted by atomic mass is 16.5. The molecule has 0 aliphatic carbocycles. The molecule has 1 aromatic carbocycles. The normalized spacial score (nSPS) is 11.6. The maximum absolute atomic E-state index is 5.29. The Hall–Kier alpha value is -1.48. The van der Waals surface area contributed by atoms with Gasteiger partial charge in [0.25, 0.3) is 0 Å². The van der Waals surface area contributed by atoms with Gasteiger partial charge >= 0.3 is 0 Å². The molecule has 0 bridgehead atoms. The Morgan fingerprint density at radius 1 is 1.00 bits per heavy atom. The van der Waals surface area contributed by atoms with Crippen LogP contribution in [0.4, 0.5) is 0 Å². The van der Waals surface area contributed by atoms with Gasteiger partial charge in [0.1, 0.15) is 6.26 Å². The number of benzene rings is 1. The quantitative estimate of drug-likeness (QED) is 0.694. The Bertz CT molecular complexity index is 306. The van der Waals surface area contributed by atoms with E-state index in [9.17, 15) is 0 Å². The summed E-state index contributed by atoms with van der Waals surface area (Å²) in [4.78, 5) is 0. The molecule has 0 heterocycles. The van der Waals surface area contributed by atoms with Gasteiger partial charge < -0.3 is 14.2 Å². The van der Waals surface area contributed by atoms with Gasteiger partial charge in [-0.15, -0.1) is 0 Å². The molecule has 0 atom stereocenters. The summed E-state index contributed by atoms with van der Waals surface area (Å²) < 4.78 is 15.4. The van der Waals surface area contributed by atoms with Crippen molar-refractivity contribution in [1.82, 2.24) is 0 Å². The molecule has 15 heavy (non-hydrogen) atoms. The molecule has 0 saturated heterocycles. The zero-order valence-electron chi connectivity index (χ0n) is 9.19. The number of hydrogen-bond donors (Lipinski definition) is 0. The molecular weight excluding hydrogens is 192 g/mol. The summed E-state index contributed by atoms with van der Waals surface area (Å²) in [6.07, 6.45) is 2.16. The maximum atomic E-state index is 5.29. The van der Waals surface area contributed by atoms with E-state index >= 15 is 0 Å². The van der Waals surface area contributed by atoms with E-state index in [0.29, 0.717) is 11.9 Å². The molecule has 0 aromatic heterocycles. The van der Waals surface area contributed by atoms with Gasteiger partial charge in [0.05, 0.1) is 14.2 Å². The van der Waals surface area contributed by atoms with Gasteiger partial charge in [0.15, 0.2) is 11.9 Å². The molecular formula is C12H15O3. The third-order valence-corrected chi connectivity index (χ3v) is 1.91. The van der Waals surface area contributed by atoms with Crippen molar-refractivity contribution in [2.45, 2.75) is 0 Å². The van der Waals surface area contributed by atoms with Gasteiger partial charge in [0, 0.05) is 7.11 Å². The Labute approximate surface area is 90.3 Å². The van der Waals surface area contributed by atoms with E-state index in [1.807, 2.05) is 30.3 Å². The van der Waals surface area contributed by atoms with Crippen molar-refractivity contribution < 1.29 is 14.2 Å². The van der Waals surface area contributed by atoms with E-state index in [2.05, 4.69) is 0 Å². The molecule has 1 radical (unpaired) electrons. The molecule has 0 N–H and O–H groups in total. The average Bonchev–Trinajstić information content (AvgIpc) is 2.30. The zero-order chi connectivity index (χ0) is 11.1. The van der Waals surface area contributed by atoms with Gasteiger partial charge in [-0.25, -0.2) is 0 Å². The number of rotatable bonds is 5. The fraction of sp³-hybridized carbons (Fsp3) is 0.250. The summed E-state index contributed by atoms with van der Waals surface area (Å²) in [6, 6.07) is 9.72. The van der Waals surface area contributed by atoms with E-state index in [0.717, 1.165) is 5.56 Å². The molecule has 0 aliphatic rings. The monoisotopic (exact) mass is 207 g/mol. The first-order chi connectivity index (χ1) is 7.33. The lowest BCUT2D eigenvalue weighted by Crippen LogP contribution is -2.08. The molecule has 81 valence electrons. The van der Waals surface area contributed by atoms with Crippen LogP contribution in [0.5, 0.6) is 0 Å². The van der Waals surface area contributed by atoms with Gasteiger partial charge in [-0.05, 0) is 5.56 Å². The maximum Gasteiger partial charge on any atom is 0.193 e. The van der Waals surface area contributed by atoms with Crippen LogP contribution < -0.4 is 0 Å². The summed E-state index contributed by atoms with van der Waals surface area (Å²) in [7, 11) is 4.74. The Morgan fingerprint density at radius 3 is 2.13 bits per heavy atom. The Kier molecular flexibility index (Phi) is 4.71. The summed E-state index contributed by atoms with van der Waals surface area (Å²) >= 11 is 0. The van der Waals surface area contributed by atoms with Crippen molar-refractivity contribution in [3.05, 3.63) is 54.0 Å². The summed E-state index contributed by atoms with van der Waals surface area (Å²) in [5.74, 6) is 0.561. The predicted molar refractivity (Wildman–Crippen MR) is 57.9 cm³/mol. The van der Waals surface area contributed by atoms with E-state index in [1.54, 1.807) is 21.3 Å². The predicted octanol–water partition coefficient (Wildman–Crippen LogP) is 2.35. The Morgan fingerprint density at radius 2 is 1.67 bits per heavy atom. The van der Waals surface area contributed by atoms with Gasteiger partial charge in [-0.1, -0.05) is 30.3 Å². The molecule has 3 nitrogen and oxygen atoms in total. The minimum absolute atomic E-state index is 0.561. The van der Waals surface area contributed by atoms with Gasteiger partial charge in [-0.2, -0.15) is 0 Å². The van der Waals surface area contributed by atoms with Crippen molar-refractivity contribution in [2.24, 2.45) is 0 Å². The third-order valence-electron chi connectivity index (χ3n) is 1.91. The lowest BCUT2D eigenvalue weighted by atomic mass is 10.1. The van der Waals surface area contributed by atoms with Crippen LogP contribution in [0.2, 0.25) is 0 Å². The van der Waals surface area contributed by atoms with Gasteiger partial charge in [0.2, 0.25) is 0 Å². The molecule has 0 saturated carbocycles. The highest BCUT2D eigenvalue weighted by Crippen LogP contribution is 2.23. The number of hydrogen-bond acceptors (Lipinski definition) is 3. The van der Waals surface area contributed by atoms with Gasteiger partial charge in [-0.3, -0.25) is 0 Å². The van der Waals surface area contributed by atoms with Crippen LogP contribution in [0.1, 0.15) is 5.56 Å². The molecule has 3 heteroatoms. The fourth-order valence-corrected chi connectivity index (χ4v) is 1.25. The molecule has 1 aromatic rings. The van der Waals surface area contributed by atoms with Crippen molar-refractivity contribution in [2.75, 3.05) is 21.3 Å². The number of ether oxygens (including phenoxy) is 3. The zero-order valence-corrected chi connectivity index (χ0v) is 9.19. The second-order valence-corrected chi connectivity index (χ2v) is 2.82. The molecule has 0 fully saturated rings. The Balaban J connectivity index is 2.93. The van der Waals surface area contributed by atoms with E-state index in [4.69, 9.17) is 14.2 Å².